The summed E-state index contributed by atoms with van der Waals surface area (Å²) in [6, 6.07) is 1.77. The van der Waals surface area contributed by atoms with Crippen LogP contribution in [0.1, 0.15) is 20.3 Å². The van der Waals surface area contributed by atoms with Crippen LogP contribution in [-0.4, -0.2) is 43.0 Å². The van der Waals surface area contributed by atoms with Gasteiger partial charge in [-0.25, -0.2) is 10.5 Å². The SMILES string of the molecule is CC(C)(CCO)CNc1nc(NN)nc(-n2cccn2)n1. The van der Waals surface area contributed by atoms with E-state index in [9.17, 15) is 0 Å². The molecule has 9 heteroatoms. The number of nitrogens with zero attached hydrogens (tertiary/aromatic N) is 5. The number of nitrogens with two attached hydrogens (primary N) is 1. The second-order valence-corrected chi connectivity index (χ2v) is 5.37. The van der Waals surface area contributed by atoms with Gasteiger partial charge in [0.05, 0.1) is 0 Å². The van der Waals surface area contributed by atoms with Gasteiger partial charge in [-0.3, -0.25) is 5.43 Å². The van der Waals surface area contributed by atoms with E-state index in [0.717, 1.165) is 0 Å². The molecule has 5 N–H and O–H groups in total. The smallest absolute Gasteiger partial charge is 0.257 e. The van der Waals surface area contributed by atoms with Gasteiger partial charge in [0.1, 0.15) is 0 Å². The summed E-state index contributed by atoms with van der Waals surface area (Å²) in [5, 5.41) is 16.3. The summed E-state index contributed by atoms with van der Waals surface area (Å²) in [5.74, 6) is 6.39. The van der Waals surface area contributed by atoms with Crippen molar-refractivity contribution in [2.75, 3.05) is 23.9 Å². The minimum Gasteiger partial charge on any atom is -0.396 e. The number of rotatable bonds is 7. The Morgan fingerprint density at radius 3 is 2.67 bits per heavy atom. The van der Waals surface area contributed by atoms with E-state index in [1.807, 2.05) is 13.8 Å². The molecule has 0 aliphatic carbocycles. The van der Waals surface area contributed by atoms with Crippen molar-refractivity contribution >= 4 is 11.9 Å². The van der Waals surface area contributed by atoms with E-state index in [1.54, 1.807) is 18.5 Å². The normalized spacial score (nSPS) is 11.4. The molecule has 0 radical (unpaired) electrons. The third-order valence-corrected chi connectivity index (χ3v) is 2.98. The minimum atomic E-state index is -0.0798. The minimum absolute atomic E-state index is 0.0798. The van der Waals surface area contributed by atoms with Gasteiger partial charge in [-0.05, 0) is 17.9 Å². The largest absolute Gasteiger partial charge is 0.396 e. The molecule has 0 unspecified atom stereocenters. The lowest BCUT2D eigenvalue weighted by molar-refractivity contribution is 0.220. The van der Waals surface area contributed by atoms with Crippen molar-refractivity contribution in [3.05, 3.63) is 18.5 Å². The topological polar surface area (TPSA) is 127 Å². The summed E-state index contributed by atoms with van der Waals surface area (Å²) in [5.41, 5.74) is 2.33. The number of aliphatic hydroxyl groups is 1. The lowest BCUT2D eigenvalue weighted by Crippen LogP contribution is -2.26. The predicted octanol–water partition coefficient (Wildman–Crippen LogP) is 0.163. The Morgan fingerprint density at radius 1 is 1.29 bits per heavy atom. The van der Waals surface area contributed by atoms with Crippen molar-refractivity contribution in [1.29, 1.82) is 0 Å². The Labute approximate surface area is 122 Å². The van der Waals surface area contributed by atoms with Crippen LogP contribution in [0.4, 0.5) is 11.9 Å². The van der Waals surface area contributed by atoms with Crippen LogP contribution in [0.2, 0.25) is 0 Å². The molecule has 0 spiro atoms. The van der Waals surface area contributed by atoms with E-state index in [2.05, 4.69) is 30.8 Å². The molecule has 0 bridgehead atoms. The van der Waals surface area contributed by atoms with Crippen LogP contribution in [0.15, 0.2) is 18.5 Å². The molecular formula is C12H20N8O. The van der Waals surface area contributed by atoms with Crippen LogP contribution in [0, 0.1) is 5.41 Å². The molecule has 9 nitrogen and oxygen atoms in total. The zero-order valence-corrected chi connectivity index (χ0v) is 12.1. The highest BCUT2D eigenvalue weighted by Crippen LogP contribution is 2.20. The molecule has 0 aliphatic rings. The van der Waals surface area contributed by atoms with Gasteiger partial charge in [-0.2, -0.15) is 20.1 Å². The van der Waals surface area contributed by atoms with Crippen LogP contribution in [0.3, 0.4) is 0 Å². The molecule has 0 saturated carbocycles. The molecule has 0 fully saturated rings. The van der Waals surface area contributed by atoms with Gasteiger partial charge in [-0.15, -0.1) is 0 Å². The van der Waals surface area contributed by atoms with Crippen molar-refractivity contribution in [3.8, 4) is 5.95 Å². The first-order valence-electron chi connectivity index (χ1n) is 6.61. The molecule has 0 amide bonds. The third-order valence-electron chi connectivity index (χ3n) is 2.98. The number of hydrazine groups is 1. The van der Waals surface area contributed by atoms with E-state index in [4.69, 9.17) is 10.9 Å². The fourth-order valence-corrected chi connectivity index (χ4v) is 1.71. The summed E-state index contributed by atoms with van der Waals surface area (Å²) in [4.78, 5) is 12.6. The quantitative estimate of drug-likeness (QED) is 0.420. The zero-order chi connectivity index (χ0) is 15.3. The van der Waals surface area contributed by atoms with Crippen LogP contribution >= 0.6 is 0 Å². The second kappa shape index (κ2) is 6.46. The second-order valence-electron chi connectivity index (χ2n) is 5.37. The maximum Gasteiger partial charge on any atom is 0.257 e. The van der Waals surface area contributed by atoms with Gasteiger partial charge in [0.25, 0.3) is 5.95 Å². The molecule has 2 aromatic rings. The van der Waals surface area contributed by atoms with Crippen molar-refractivity contribution in [3.63, 3.8) is 0 Å². The molecule has 0 atom stereocenters. The lowest BCUT2D eigenvalue weighted by atomic mass is 9.90. The summed E-state index contributed by atoms with van der Waals surface area (Å²) >= 11 is 0. The number of hydrogen-bond acceptors (Lipinski definition) is 8. The maximum absolute atomic E-state index is 9.04. The summed E-state index contributed by atoms with van der Waals surface area (Å²) in [7, 11) is 0. The number of aliphatic hydroxyl groups excluding tert-OH is 1. The number of hydrogen-bond donors (Lipinski definition) is 4. The van der Waals surface area contributed by atoms with E-state index in [-0.39, 0.29) is 18.0 Å². The fourth-order valence-electron chi connectivity index (χ4n) is 1.71. The monoisotopic (exact) mass is 292 g/mol. The van der Waals surface area contributed by atoms with E-state index >= 15 is 0 Å². The van der Waals surface area contributed by atoms with Gasteiger partial charge in [0.15, 0.2) is 0 Å². The van der Waals surface area contributed by atoms with Gasteiger partial charge in [0.2, 0.25) is 11.9 Å². The van der Waals surface area contributed by atoms with Crippen LogP contribution in [0.25, 0.3) is 5.95 Å². The molecular weight excluding hydrogens is 272 g/mol. The summed E-state index contributed by atoms with van der Waals surface area (Å²) in [6.45, 7) is 4.85. The Morgan fingerprint density at radius 2 is 2.05 bits per heavy atom. The highest BCUT2D eigenvalue weighted by molar-refractivity contribution is 5.37. The first-order chi connectivity index (χ1) is 10.0. The summed E-state index contributed by atoms with van der Waals surface area (Å²) in [6.07, 6.45) is 4.05. The Balaban J connectivity index is 2.18. The number of aromatic nitrogens is 5. The highest BCUT2D eigenvalue weighted by atomic mass is 16.3. The fraction of sp³-hybridized carbons (Fsp3) is 0.500. The van der Waals surface area contributed by atoms with Crippen molar-refractivity contribution in [1.82, 2.24) is 24.7 Å². The molecule has 114 valence electrons. The zero-order valence-electron chi connectivity index (χ0n) is 12.1. The van der Waals surface area contributed by atoms with Crippen molar-refractivity contribution < 1.29 is 5.11 Å². The van der Waals surface area contributed by atoms with Gasteiger partial charge in [-0.1, -0.05) is 13.8 Å². The highest BCUT2D eigenvalue weighted by Gasteiger charge is 2.18. The molecule has 2 rings (SSSR count). The number of anilines is 2. The van der Waals surface area contributed by atoms with E-state index in [0.29, 0.717) is 24.9 Å². The molecule has 2 heterocycles. The van der Waals surface area contributed by atoms with Crippen molar-refractivity contribution in [2.45, 2.75) is 20.3 Å². The van der Waals surface area contributed by atoms with Gasteiger partial charge >= 0.3 is 0 Å². The first-order valence-corrected chi connectivity index (χ1v) is 6.61. The lowest BCUT2D eigenvalue weighted by Gasteiger charge is -2.23. The molecule has 2 aromatic heterocycles. The molecule has 0 aromatic carbocycles. The van der Waals surface area contributed by atoms with Crippen LogP contribution in [-0.2, 0) is 0 Å². The molecule has 21 heavy (non-hydrogen) atoms. The summed E-state index contributed by atoms with van der Waals surface area (Å²) < 4.78 is 1.52. The first kappa shape index (κ1) is 15.1. The number of nitrogen functional groups attached to an aromatic ring is 1. The molecule has 0 saturated heterocycles. The van der Waals surface area contributed by atoms with Crippen molar-refractivity contribution in [2.24, 2.45) is 11.3 Å². The number of nitrogens with one attached hydrogen (secondary N) is 2. The maximum atomic E-state index is 9.04. The molecule has 0 aliphatic heterocycles. The average molecular weight is 292 g/mol. The Kier molecular flexibility index (Phi) is 4.66. The van der Waals surface area contributed by atoms with Gasteiger partial charge < -0.3 is 10.4 Å². The van der Waals surface area contributed by atoms with Crippen LogP contribution in [0.5, 0.6) is 0 Å². The Bertz CT molecular complexity index is 569. The van der Waals surface area contributed by atoms with Gasteiger partial charge in [0, 0.05) is 25.5 Å². The van der Waals surface area contributed by atoms with Crippen LogP contribution < -0.4 is 16.6 Å². The Hall–Kier alpha value is -2.26. The van der Waals surface area contributed by atoms with E-state index in [1.165, 1.54) is 4.68 Å². The van der Waals surface area contributed by atoms with E-state index < -0.39 is 0 Å². The predicted molar refractivity (Wildman–Crippen MR) is 78.7 cm³/mol. The standard InChI is InChI=1S/C12H20N8O/c1-12(2,4-7-21)8-14-9-16-10(19-13)18-11(17-9)20-6-3-5-15-20/h3,5-6,21H,4,7-8,13H2,1-2H3,(H2,14,16,17,18,19). The average Bonchev–Trinajstić information content (AvgIpc) is 2.99. The third kappa shape index (κ3) is 4.10.